The van der Waals surface area contributed by atoms with E-state index < -0.39 is 23.5 Å². The fraction of sp³-hybridized carbons (Fsp3) is 0.833. The smallest absolute Gasteiger partial charge is 1.00 e. The Balaban J connectivity index is -0.00000128. The van der Waals surface area contributed by atoms with Crippen molar-refractivity contribution in [2.24, 2.45) is 0 Å². The van der Waals surface area contributed by atoms with Crippen LogP contribution in [0.3, 0.4) is 0 Å². The van der Waals surface area contributed by atoms with E-state index in [0.29, 0.717) is 12.8 Å². The summed E-state index contributed by atoms with van der Waals surface area (Å²) in [6.07, 6.45) is 2.99. The van der Waals surface area contributed by atoms with Gasteiger partial charge in [0.05, 0.1) is 0 Å². The Bertz CT molecular complexity index is 232. The Morgan fingerprint density at radius 3 is 1.32 bits per heavy atom. The fourth-order valence-electron chi connectivity index (χ4n) is 1.45. The van der Waals surface area contributed by atoms with Gasteiger partial charge in [0.2, 0.25) is 0 Å². The second kappa shape index (κ2) is 14.8. The average Bonchev–Trinajstić information content (AvgIpc) is 2.31. The van der Waals surface area contributed by atoms with Crippen LogP contribution < -0.4 is 24.8 Å². The molecule has 0 aromatic carbocycles. The first-order valence-electron chi connectivity index (χ1n) is 6.47. The molecule has 2 amide bonds. The summed E-state index contributed by atoms with van der Waals surface area (Å²) in [5.74, 6) is 0.446. The predicted octanol–water partition coefficient (Wildman–Crippen LogP) is -3.80. The van der Waals surface area contributed by atoms with Crippen LogP contribution in [0.4, 0.5) is 0 Å². The topological polar surface area (TPSA) is 40.6 Å². The standard InChI is InChI=1S/2C6H13NO.2ClH.Hf/c2*1-3-5-6(8)7-4-2;;;/h2*3-5H2,1-2H3,(H,7,8);2*1H;/q;;;;+4/p-4. The normalized spacial score (nSPS) is 8.63. The van der Waals surface area contributed by atoms with Crippen LogP contribution in [-0.2, 0) is 33.1 Å². The van der Waals surface area contributed by atoms with E-state index in [1.54, 1.807) is 0 Å². The van der Waals surface area contributed by atoms with Gasteiger partial charge in [-0.3, -0.25) is 0 Å². The van der Waals surface area contributed by atoms with Crippen LogP contribution >= 0.6 is 0 Å². The molecule has 0 aromatic rings. The van der Waals surface area contributed by atoms with Crippen molar-refractivity contribution in [3.05, 3.63) is 0 Å². The summed E-state index contributed by atoms with van der Waals surface area (Å²) in [5, 5.41) is 0. The molecule has 0 aliphatic carbocycles. The van der Waals surface area contributed by atoms with Gasteiger partial charge in [-0.25, -0.2) is 0 Å². The van der Waals surface area contributed by atoms with Gasteiger partial charge >= 0.3 is 117 Å². The number of rotatable bonds is 8. The second-order valence-electron chi connectivity index (χ2n) is 3.88. The summed E-state index contributed by atoms with van der Waals surface area (Å²) < 4.78 is 3.89. The maximum absolute atomic E-state index is 11.8. The van der Waals surface area contributed by atoms with E-state index in [1.807, 2.05) is 33.5 Å². The Morgan fingerprint density at radius 1 is 0.789 bits per heavy atom. The molecule has 0 rings (SSSR count). The van der Waals surface area contributed by atoms with Gasteiger partial charge < -0.3 is 24.8 Å². The van der Waals surface area contributed by atoms with Gasteiger partial charge in [-0.2, -0.15) is 0 Å². The van der Waals surface area contributed by atoms with Gasteiger partial charge in [0.15, 0.2) is 0 Å². The number of carbonyl (C=O) groups excluding carboxylic acids is 2. The van der Waals surface area contributed by atoms with Gasteiger partial charge in [0, 0.05) is 0 Å². The largest absolute Gasteiger partial charge is 1.00 e. The Hall–Kier alpha value is 0.390. The number of amides is 2. The van der Waals surface area contributed by atoms with E-state index in [9.17, 15) is 9.59 Å². The first-order valence-corrected chi connectivity index (χ1v) is 9.68. The van der Waals surface area contributed by atoms with Crippen LogP contribution in [0.15, 0.2) is 0 Å². The van der Waals surface area contributed by atoms with E-state index >= 15 is 0 Å². The van der Waals surface area contributed by atoms with Crippen LogP contribution in [0.5, 0.6) is 0 Å². The molecule has 0 bridgehead atoms. The minimum atomic E-state index is -1.47. The monoisotopic (exact) mass is 478 g/mol. The van der Waals surface area contributed by atoms with Crippen LogP contribution in [0, 0.1) is 0 Å². The van der Waals surface area contributed by atoms with Crippen LogP contribution in [0.25, 0.3) is 0 Å². The fourth-order valence-corrected chi connectivity index (χ4v) is 5.12. The third-order valence-corrected chi connectivity index (χ3v) is 8.20. The van der Waals surface area contributed by atoms with Crippen molar-refractivity contribution >= 4 is 11.8 Å². The summed E-state index contributed by atoms with van der Waals surface area (Å²) in [5.41, 5.74) is 0. The summed E-state index contributed by atoms with van der Waals surface area (Å²) in [4.78, 5) is 23.7. The van der Waals surface area contributed by atoms with Crippen LogP contribution in [-0.4, -0.2) is 30.7 Å². The van der Waals surface area contributed by atoms with Gasteiger partial charge in [-0.05, 0) is 0 Å². The minimum Gasteiger partial charge on any atom is -1.00 e. The van der Waals surface area contributed by atoms with Gasteiger partial charge in [0.25, 0.3) is 0 Å². The molecule has 0 unspecified atom stereocenters. The van der Waals surface area contributed by atoms with Crippen molar-refractivity contribution in [3.63, 3.8) is 0 Å². The maximum atomic E-state index is 11.8. The maximum Gasteiger partial charge on any atom is -1.00 e. The molecule has 7 heteroatoms. The van der Waals surface area contributed by atoms with Crippen LogP contribution in [0.2, 0.25) is 0 Å². The molecule has 0 heterocycles. The van der Waals surface area contributed by atoms with Crippen molar-refractivity contribution in [1.29, 1.82) is 0 Å². The molecule has 0 N–H and O–H groups in total. The zero-order valence-electron chi connectivity index (χ0n) is 12.2. The van der Waals surface area contributed by atoms with Gasteiger partial charge in [-0.15, -0.1) is 0 Å². The number of hydrogen-bond acceptors (Lipinski definition) is 2. The van der Waals surface area contributed by atoms with Gasteiger partial charge in [0.1, 0.15) is 0 Å². The molecule has 0 aromatic heterocycles. The molecule has 0 aliphatic rings. The summed E-state index contributed by atoms with van der Waals surface area (Å²) in [6.45, 7) is 9.52. The van der Waals surface area contributed by atoms with E-state index in [2.05, 4.69) is 0 Å². The molecule has 112 valence electrons. The Kier molecular flexibility index (Phi) is 19.0. The average molecular weight is 478 g/mol. The summed E-state index contributed by atoms with van der Waals surface area (Å²) in [7, 11) is 0. The quantitative estimate of drug-likeness (QED) is 0.337. The molecule has 0 aliphatic heterocycles. The molecule has 0 saturated heterocycles. The van der Waals surface area contributed by atoms with E-state index in [-0.39, 0.29) is 36.6 Å². The van der Waals surface area contributed by atoms with Crippen molar-refractivity contribution in [2.45, 2.75) is 53.4 Å². The summed E-state index contributed by atoms with van der Waals surface area (Å²) in [6, 6.07) is 0. The van der Waals surface area contributed by atoms with Gasteiger partial charge in [-0.1, -0.05) is 0 Å². The predicted molar refractivity (Wildman–Crippen MR) is 64.6 cm³/mol. The first kappa shape index (κ1) is 24.4. The number of carbonyl (C=O) groups is 2. The third-order valence-electron chi connectivity index (χ3n) is 2.40. The molecule has 0 atom stereocenters. The summed E-state index contributed by atoms with van der Waals surface area (Å²) >= 11 is -1.47. The van der Waals surface area contributed by atoms with Crippen molar-refractivity contribution < 1.29 is 57.9 Å². The minimum absolute atomic E-state index is 0. The SMILES string of the molecule is CCCC(=O)[N](CC)[Hf+2][N](CC)C(=O)CCC.[Cl-].[Cl-]. The van der Waals surface area contributed by atoms with Crippen molar-refractivity contribution in [1.82, 2.24) is 5.78 Å². The third kappa shape index (κ3) is 9.85. The van der Waals surface area contributed by atoms with Crippen molar-refractivity contribution in [3.8, 4) is 0 Å². The zero-order valence-corrected chi connectivity index (χ0v) is 17.3. The number of hydrogen-bond donors (Lipinski definition) is 0. The molecule has 19 heavy (non-hydrogen) atoms. The molecular formula is C12H24Cl2HfN2O2. The number of halogens is 2. The zero-order chi connectivity index (χ0) is 13.3. The Labute approximate surface area is 141 Å². The van der Waals surface area contributed by atoms with E-state index in [0.717, 1.165) is 25.9 Å². The Morgan fingerprint density at radius 2 is 1.11 bits per heavy atom. The second-order valence-corrected chi connectivity index (χ2v) is 8.47. The first-order chi connectivity index (χ1) is 8.10. The molecule has 4 nitrogen and oxygen atoms in total. The van der Waals surface area contributed by atoms with E-state index in [4.69, 9.17) is 0 Å². The molecule has 0 spiro atoms. The molecular weight excluding hydrogens is 454 g/mol. The molecule has 0 fully saturated rings. The van der Waals surface area contributed by atoms with Crippen molar-refractivity contribution in [2.75, 3.05) is 13.1 Å². The van der Waals surface area contributed by atoms with E-state index in [1.165, 1.54) is 0 Å². The molecule has 0 radical (unpaired) electrons. The molecule has 0 saturated carbocycles. The van der Waals surface area contributed by atoms with Crippen LogP contribution in [0.1, 0.15) is 53.4 Å². The number of nitrogens with zero attached hydrogens (tertiary/aromatic N) is 2.